The lowest BCUT2D eigenvalue weighted by Gasteiger charge is -2.35. The van der Waals surface area contributed by atoms with Crippen LogP contribution in [0.2, 0.25) is 5.02 Å². The maximum Gasteiger partial charge on any atom is 0.264 e. The van der Waals surface area contributed by atoms with Gasteiger partial charge in [-0.2, -0.15) is 0 Å². The molecular weight excluding hydrogens is 634 g/mol. The van der Waals surface area contributed by atoms with E-state index in [1.54, 1.807) is 30.3 Å². The van der Waals surface area contributed by atoms with Crippen molar-refractivity contribution in [1.82, 2.24) is 10.2 Å². The lowest BCUT2D eigenvalue weighted by atomic mass is 9.94. The fourth-order valence-electron chi connectivity index (χ4n) is 5.91. The number of carbonyl (C=O) groups is 2. The van der Waals surface area contributed by atoms with E-state index in [1.165, 1.54) is 30.2 Å². The number of halogens is 1. The van der Waals surface area contributed by atoms with Crippen molar-refractivity contribution in [3.8, 4) is 5.75 Å². The van der Waals surface area contributed by atoms with E-state index < -0.39 is 28.5 Å². The van der Waals surface area contributed by atoms with Crippen LogP contribution in [-0.2, 0) is 32.6 Å². The predicted molar refractivity (Wildman–Crippen MR) is 185 cm³/mol. The molecule has 1 aliphatic rings. The Morgan fingerprint density at radius 1 is 0.851 bits per heavy atom. The SMILES string of the molecule is COc1ccc(S(=O)(=O)N(CC(=O)N(Cc2ccccc2)C(Cc2ccccc2)C(=O)NC2CCCCC2)c2cccc(Cl)c2)cc1. The average Bonchev–Trinajstić information content (AvgIpc) is 3.10. The monoisotopic (exact) mass is 673 g/mol. The van der Waals surface area contributed by atoms with Crippen molar-refractivity contribution in [3.05, 3.63) is 125 Å². The van der Waals surface area contributed by atoms with Gasteiger partial charge in [0.2, 0.25) is 11.8 Å². The number of methoxy groups -OCH3 is 1. The van der Waals surface area contributed by atoms with Gasteiger partial charge in [0.25, 0.3) is 10.0 Å². The number of sulfonamides is 1. The Hall–Kier alpha value is -4.34. The molecule has 0 bridgehead atoms. The summed E-state index contributed by atoms with van der Waals surface area (Å²) in [6.45, 7) is -0.440. The summed E-state index contributed by atoms with van der Waals surface area (Å²) in [5.74, 6) is -0.279. The maximum atomic E-state index is 14.6. The van der Waals surface area contributed by atoms with Gasteiger partial charge in [-0.3, -0.25) is 13.9 Å². The molecule has 2 amide bonds. The lowest BCUT2D eigenvalue weighted by Crippen LogP contribution is -2.55. The zero-order chi connectivity index (χ0) is 33.2. The minimum absolute atomic E-state index is 0.0171. The van der Waals surface area contributed by atoms with Crippen LogP contribution >= 0.6 is 11.6 Å². The molecule has 0 aromatic heterocycles. The fraction of sp³-hybridized carbons (Fsp3) is 0.297. The van der Waals surface area contributed by atoms with E-state index in [-0.39, 0.29) is 35.5 Å². The largest absolute Gasteiger partial charge is 0.497 e. The van der Waals surface area contributed by atoms with E-state index >= 15 is 0 Å². The first-order valence-electron chi connectivity index (χ1n) is 15.8. The number of amides is 2. The second-order valence-electron chi connectivity index (χ2n) is 11.7. The minimum Gasteiger partial charge on any atom is -0.497 e. The van der Waals surface area contributed by atoms with Crippen molar-refractivity contribution in [2.45, 2.75) is 62.0 Å². The smallest absolute Gasteiger partial charge is 0.264 e. The van der Waals surface area contributed by atoms with Gasteiger partial charge in [-0.25, -0.2) is 8.42 Å². The van der Waals surface area contributed by atoms with Crippen LogP contribution in [0.1, 0.15) is 43.2 Å². The number of benzene rings is 4. The van der Waals surface area contributed by atoms with E-state index in [2.05, 4.69) is 5.32 Å². The first-order valence-corrected chi connectivity index (χ1v) is 17.7. The van der Waals surface area contributed by atoms with Gasteiger partial charge in [0.15, 0.2) is 0 Å². The summed E-state index contributed by atoms with van der Waals surface area (Å²) < 4.78 is 34.7. The summed E-state index contributed by atoms with van der Waals surface area (Å²) in [6, 6.07) is 30.5. The molecule has 0 heterocycles. The standard InChI is InChI=1S/C37H40ClN3O5S/c1-46-33-20-22-34(23-21-33)47(44,45)41(32-19-11-16-30(38)25-32)27-36(42)40(26-29-14-7-3-8-15-29)35(24-28-12-5-2-6-13-28)37(43)39-31-17-9-4-10-18-31/h2-3,5-8,11-16,19-23,25,31,35H,4,9-10,17-18,24,26-27H2,1H3,(H,39,43). The number of nitrogens with zero attached hydrogens (tertiary/aromatic N) is 2. The highest BCUT2D eigenvalue weighted by Crippen LogP contribution is 2.28. The summed E-state index contributed by atoms with van der Waals surface area (Å²) in [6.07, 6.45) is 5.26. The van der Waals surface area contributed by atoms with E-state index in [0.717, 1.165) is 47.5 Å². The molecule has 1 unspecified atom stereocenters. The van der Waals surface area contributed by atoms with Crippen LogP contribution in [0.4, 0.5) is 5.69 Å². The van der Waals surface area contributed by atoms with Crippen LogP contribution in [0.5, 0.6) is 5.75 Å². The number of hydrogen-bond donors (Lipinski definition) is 1. The van der Waals surface area contributed by atoms with Gasteiger partial charge in [-0.15, -0.1) is 0 Å². The molecule has 1 atom stereocenters. The molecule has 1 aliphatic carbocycles. The van der Waals surface area contributed by atoms with Crippen LogP contribution in [0, 0.1) is 0 Å². The molecule has 0 saturated heterocycles. The Kier molecular flexibility index (Phi) is 11.6. The van der Waals surface area contributed by atoms with E-state index in [1.807, 2.05) is 60.7 Å². The molecular formula is C37H40ClN3O5S. The third-order valence-electron chi connectivity index (χ3n) is 8.44. The van der Waals surface area contributed by atoms with Crippen molar-refractivity contribution in [3.63, 3.8) is 0 Å². The summed E-state index contributed by atoms with van der Waals surface area (Å²) in [7, 11) is -2.76. The number of rotatable bonds is 13. The van der Waals surface area contributed by atoms with Crippen molar-refractivity contribution < 1.29 is 22.7 Å². The first-order chi connectivity index (χ1) is 22.7. The molecule has 4 aromatic carbocycles. The van der Waals surface area contributed by atoms with E-state index in [0.29, 0.717) is 10.8 Å². The zero-order valence-electron chi connectivity index (χ0n) is 26.4. The van der Waals surface area contributed by atoms with Crippen LogP contribution in [-0.4, -0.2) is 50.9 Å². The zero-order valence-corrected chi connectivity index (χ0v) is 28.0. The molecule has 1 saturated carbocycles. The number of anilines is 1. The van der Waals surface area contributed by atoms with Gasteiger partial charge in [-0.1, -0.05) is 97.6 Å². The normalized spacial score (nSPS) is 14.2. The average molecular weight is 674 g/mol. The number of hydrogen-bond acceptors (Lipinski definition) is 5. The van der Waals surface area contributed by atoms with Crippen LogP contribution in [0.3, 0.4) is 0 Å². The Labute approximate surface area is 282 Å². The molecule has 47 heavy (non-hydrogen) atoms. The second kappa shape index (κ2) is 16.0. The molecule has 4 aromatic rings. The lowest BCUT2D eigenvalue weighted by molar-refractivity contribution is -0.140. The van der Waals surface area contributed by atoms with Gasteiger partial charge in [0, 0.05) is 24.0 Å². The van der Waals surface area contributed by atoms with E-state index in [9.17, 15) is 18.0 Å². The molecule has 0 radical (unpaired) electrons. The van der Waals surface area contributed by atoms with Gasteiger partial charge >= 0.3 is 0 Å². The van der Waals surface area contributed by atoms with Crippen LogP contribution in [0.15, 0.2) is 114 Å². The van der Waals surface area contributed by atoms with Crippen molar-refractivity contribution >= 4 is 39.1 Å². The topological polar surface area (TPSA) is 96.0 Å². The van der Waals surface area contributed by atoms with Gasteiger partial charge in [-0.05, 0) is 66.4 Å². The highest BCUT2D eigenvalue weighted by molar-refractivity contribution is 7.92. The summed E-state index contributed by atoms with van der Waals surface area (Å²) in [4.78, 5) is 30.3. The molecule has 246 valence electrons. The maximum absolute atomic E-state index is 14.6. The first kappa shape index (κ1) is 34.0. The quantitative estimate of drug-likeness (QED) is 0.172. The van der Waals surface area contributed by atoms with Crippen LogP contribution < -0.4 is 14.4 Å². The Balaban J connectivity index is 1.55. The Morgan fingerprint density at radius 2 is 1.49 bits per heavy atom. The highest BCUT2D eigenvalue weighted by atomic mass is 35.5. The third kappa shape index (κ3) is 8.93. The summed E-state index contributed by atoms with van der Waals surface area (Å²) in [5.41, 5.74) is 1.93. The van der Waals surface area contributed by atoms with Crippen LogP contribution in [0.25, 0.3) is 0 Å². The van der Waals surface area contributed by atoms with E-state index in [4.69, 9.17) is 16.3 Å². The van der Waals surface area contributed by atoms with Gasteiger partial charge in [0.05, 0.1) is 17.7 Å². The molecule has 0 aliphatic heterocycles. The summed E-state index contributed by atoms with van der Waals surface area (Å²) in [5, 5.41) is 3.55. The number of ether oxygens (including phenoxy) is 1. The Morgan fingerprint density at radius 3 is 2.11 bits per heavy atom. The molecule has 1 N–H and O–H groups in total. The van der Waals surface area contributed by atoms with Gasteiger partial charge in [0.1, 0.15) is 18.3 Å². The molecule has 5 rings (SSSR count). The Bertz CT molecular complexity index is 1730. The molecule has 1 fully saturated rings. The minimum atomic E-state index is -4.25. The molecule has 8 nitrogen and oxygen atoms in total. The third-order valence-corrected chi connectivity index (χ3v) is 10.5. The van der Waals surface area contributed by atoms with Gasteiger partial charge < -0.3 is 15.0 Å². The molecule has 10 heteroatoms. The summed E-state index contributed by atoms with van der Waals surface area (Å²) >= 11 is 6.32. The van der Waals surface area contributed by atoms with Crippen molar-refractivity contribution in [2.24, 2.45) is 0 Å². The molecule has 0 spiro atoms. The van der Waals surface area contributed by atoms with Crippen molar-refractivity contribution in [1.29, 1.82) is 0 Å². The fourth-order valence-corrected chi connectivity index (χ4v) is 7.50. The van der Waals surface area contributed by atoms with Crippen molar-refractivity contribution in [2.75, 3.05) is 18.0 Å². The second-order valence-corrected chi connectivity index (χ2v) is 14.0. The highest BCUT2D eigenvalue weighted by Gasteiger charge is 2.35. The number of nitrogens with one attached hydrogen (secondary N) is 1. The predicted octanol–water partition coefficient (Wildman–Crippen LogP) is 6.63. The number of carbonyl (C=O) groups excluding carboxylic acids is 2.